The Morgan fingerprint density at radius 3 is 2.84 bits per heavy atom. The van der Waals surface area contributed by atoms with Crippen LogP contribution >= 0.6 is 0 Å². The summed E-state index contributed by atoms with van der Waals surface area (Å²) in [5, 5.41) is 11.6. The molecule has 1 unspecified atom stereocenters. The first-order valence-electron chi connectivity index (χ1n) is 6.27. The minimum absolute atomic E-state index is 0.102. The highest BCUT2D eigenvalue weighted by atomic mass is 16.5. The molecular formula is C16H16N2O. The molecule has 0 saturated carbocycles. The van der Waals surface area contributed by atoms with Gasteiger partial charge in [0.15, 0.2) is 6.19 Å². The van der Waals surface area contributed by atoms with Crippen LogP contribution in [-0.4, -0.2) is 12.6 Å². The third-order valence-corrected chi connectivity index (χ3v) is 2.78. The van der Waals surface area contributed by atoms with Gasteiger partial charge in [-0.25, -0.2) is 0 Å². The average molecular weight is 252 g/mol. The number of rotatable bonds is 4. The first kappa shape index (κ1) is 13.0. The standard InChI is InChI=1S/C16H16N2O/c1-2-19-15-8-9-16(18-12-17)14(11-15)10-13-6-4-3-5-7-13/h3-11,16,18H,2H2,1H3. The van der Waals surface area contributed by atoms with E-state index in [1.165, 1.54) is 0 Å². The average Bonchev–Trinajstić information content (AvgIpc) is 2.43. The van der Waals surface area contributed by atoms with Gasteiger partial charge in [0.1, 0.15) is 5.76 Å². The minimum atomic E-state index is -0.102. The van der Waals surface area contributed by atoms with Crippen LogP contribution in [0.15, 0.2) is 59.9 Å². The monoisotopic (exact) mass is 252 g/mol. The number of hydrogen-bond donors (Lipinski definition) is 1. The molecular weight excluding hydrogens is 236 g/mol. The maximum Gasteiger partial charge on any atom is 0.177 e. The van der Waals surface area contributed by atoms with E-state index < -0.39 is 0 Å². The zero-order chi connectivity index (χ0) is 13.5. The van der Waals surface area contributed by atoms with E-state index in [9.17, 15) is 0 Å². The molecule has 0 heterocycles. The molecule has 0 amide bonds. The lowest BCUT2D eigenvalue weighted by Crippen LogP contribution is -2.25. The molecule has 1 N–H and O–H groups in total. The highest BCUT2D eigenvalue weighted by Gasteiger charge is 2.14. The zero-order valence-corrected chi connectivity index (χ0v) is 10.8. The smallest absolute Gasteiger partial charge is 0.177 e. The number of nitrogens with one attached hydrogen (secondary N) is 1. The van der Waals surface area contributed by atoms with Crippen molar-refractivity contribution in [3.8, 4) is 6.19 Å². The van der Waals surface area contributed by atoms with Gasteiger partial charge < -0.3 is 10.1 Å². The quantitative estimate of drug-likeness (QED) is 0.662. The largest absolute Gasteiger partial charge is 0.494 e. The van der Waals surface area contributed by atoms with Crippen molar-refractivity contribution in [3.63, 3.8) is 0 Å². The summed E-state index contributed by atoms with van der Waals surface area (Å²) in [5.41, 5.74) is 2.11. The van der Waals surface area contributed by atoms with Gasteiger partial charge in [-0.3, -0.25) is 0 Å². The first-order chi connectivity index (χ1) is 9.33. The zero-order valence-electron chi connectivity index (χ0n) is 10.8. The first-order valence-corrected chi connectivity index (χ1v) is 6.27. The van der Waals surface area contributed by atoms with Crippen LogP contribution in [-0.2, 0) is 4.74 Å². The van der Waals surface area contributed by atoms with E-state index in [4.69, 9.17) is 10.00 Å². The van der Waals surface area contributed by atoms with E-state index in [1.54, 1.807) is 0 Å². The van der Waals surface area contributed by atoms with Gasteiger partial charge in [0, 0.05) is 0 Å². The Kier molecular flexibility index (Phi) is 4.41. The summed E-state index contributed by atoms with van der Waals surface area (Å²) < 4.78 is 5.50. The molecule has 3 nitrogen and oxygen atoms in total. The molecule has 1 aromatic carbocycles. The lowest BCUT2D eigenvalue weighted by Gasteiger charge is -2.18. The van der Waals surface area contributed by atoms with Crippen molar-refractivity contribution in [3.05, 3.63) is 65.5 Å². The van der Waals surface area contributed by atoms with Crippen LogP contribution in [0.4, 0.5) is 0 Å². The summed E-state index contributed by atoms with van der Waals surface area (Å²) >= 11 is 0. The van der Waals surface area contributed by atoms with Crippen molar-refractivity contribution in [2.45, 2.75) is 13.0 Å². The Bertz CT molecular complexity index is 550. The predicted molar refractivity (Wildman–Crippen MR) is 75.8 cm³/mol. The molecule has 0 radical (unpaired) electrons. The topological polar surface area (TPSA) is 45.0 Å². The second-order valence-corrected chi connectivity index (χ2v) is 4.13. The lowest BCUT2D eigenvalue weighted by molar-refractivity contribution is 0.241. The molecule has 1 aliphatic rings. The summed E-state index contributed by atoms with van der Waals surface area (Å²) in [7, 11) is 0. The van der Waals surface area contributed by atoms with Crippen molar-refractivity contribution in [2.24, 2.45) is 0 Å². The number of allylic oxidation sites excluding steroid dienone is 1. The van der Waals surface area contributed by atoms with Crippen molar-refractivity contribution in [1.82, 2.24) is 5.32 Å². The van der Waals surface area contributed by atoms with Crippen molar-refractivity contribution >= 4 is 6.08 Å². The fourth-order valence-corrected chi connectivity index (χ4v) is 1.93. The van der Waals surface area contributed by atoms with E-state index in [-0.39, 0.29) is 6.04 Å². The van der Waals surface area contributed by atoms with E-state index >= 15 is 0 Å². The molecule has 0 saturated heterocycles. The second-order valence-electron chi connectivity index (χ2n) is 4.13. The van der Waals surface area contributed by atoms with Gasteiger partial charge in [0.25, 0.3) is 0 Å². The van der Waals surface area contributed by atoms with Gasteiger partial charge in [0.05, 0.1) is 12.6 Å². The van der Waals surface area contributed by atoms with Gasteiger partial charge in [-0.05, 0) is 36.3 Å². The SMILES string of the molecule is CCOC1=CC(=Cc2ccccc2)C(NC#N)C=C1. The Labute approximate surface area is 113 Å². The van der Waals surface area contributed by atoms with Crippen LogP contribution in [0.25, 0.3) is 6.08 Å². The van der Waals surface area contributed by atoms with Crippen LogP contribution in [0.3, 0.4) is 0 Å². The van der Waals surface area contributed by atoms with E-state index in [0.717, 1.165) is 16.9 Å². The van der Waals surface area contributed by atoms with Crippen LogP contribution < -0.4 is 5.32 Å². The molecule has 2 rings (SSSR count). The summed E-state index contributed by atoms with van der Waals surface area (Å²) in [6.07, 6.45) is 9.83. The van der Waals surface area contributed by atoms with Gasteiger partial charge in [-0.15, -0.1) is 0 Å². The van der Waals surface area contributed by atoms with Crippen LogP contribution in [0.5, 0.6) is 0 Å². The fourth-order valence-electron chi connectivity index (χ4n) is 1.93. The minimum Gasteiger partial charge on any atom is -0.494 e. The molecule has 0 fully saturated rings. The number of ether oxygens (including phenoxy) is 1. The summed E-state index contributed by atoms with van der Waals surface area (Å²) in [5.74, 6) is 0.820. The maximum atomic E-state index is 8.80. The molecule has 3 heteroatoms. The van der Waals surface area contributed by atoms with E-state index in [2.05, 4.69) is 11.4 Å². The van der Waals surface area contributed by atoms with Crippen molar-refractivity contribution in [1.29, 1.82) is 5.26 Å². The molecule has 19 heavy (non-hydrogen) atoms. The Hall–Kier alpha value is -2.47. The molecule has 0 aliphatic heterocycles. The Balaban J connectivity index is 2.29. The molecule has 0 spiro atoms. The highest BCUT2D eigenvalue weighted by Crippen LogP contribution is 2.20. The van der Waals surface area contributed by atoms with Crippen LogP contribution in [0.2, 0.25) is 0 Å². The number of nitriles is 1. The lowest BCUT2D eigenvalue weighted by atomic mass is 9.98. The predicted octanol–water partition coefficient (Wildman–Crippen LogP) is 3.00. The maximum absolute atomic E-state index is 8.80. The Morgan fingerprint density at radius 2 is 2.16 bits per heavy atom. The van der Waals surface area contributed by atoms with Crippen LogP contribution in [0.1, 0.15) is 12.5 Å². The normalized spacial score (nSPS) is 19.7. The van der Waals surface area contributed by atoms with E-state index in [0.29, 0.717) is 6.61 Å². The summed E-state index contributed by atoms with van der Waals surface area (Å²) in [6.45, 7) is 2.58. The number of benzene rings is 1. The summed E-state index contributed by atoms with van der Waals surface area (Å²) in [4.78, 5) is 0. The summed E-state index contributed by atoms with van der Waals surface area (Å²) in [6, 6.07) is 9.92. The van der Waals surface area contributed by atoms with Gasteiger partial charge >= 0.3 is 0 Å². The highest BCUT2D eigenvalue weighted by molar-refractivity contribution is 5.60. The Morgan fingerprint density at radius 1 is 1.37 bits per heavy atom. The molecule has 0 bridgehead atoms. The van der Waals surface area contributed by atoms with Crippen molar-refractivity contribution in [2.75, 3.05) is 6.61 Å². The van der Waals surface area contributed by atoms with Gasteiger partial charge in [-0.1, -0.05) is 36.4 Å². The van der Waals surface area contributed by atoms with Crippen molar-refractivity contribution < 1.29 is 4.74 Å². The third kappa shape index (κ3) is 3.49. The fraction of sp³-hybridized carbons (Fsp3) is 0.188. The molecule has 96 valence electrons. The van der Waals surface area contributed by atoms with Gasteiger partial charge in [0.2, 0.25) is 0 Å². The molecule has 0 aromatic heterocycles. The molecule has 1 atom stereocenters. The van der Waals surface area contributed by atoms with Gasteiger partial charge in [-0.2, -0.15) is 5.26 Å². The third-order valence-electron chi connectivity index (χ3n) is 2.78. The van der Waals surface area contributed by atoms with Crippen LogP contribution in [0, 0.1) is 11.5 Å². The number of nitrogens with zero attached hydrogens (tertiary/aromatic N) is 1. The molecule has 1 aliphatic carbocycles. The van der Waals surface area contributed by atoms with E-state index in [1.807, 2.05) is 61.7 Å². The second kappa shape index (κ2) is 6.46. The number of hydrogen-bond acceptors (Lipinski definition) is 3. The molecule has 1 aromatic rings.